The van der Waals surface area contributed by atoms with Crippen LogP contribution in [0.25, 0.3) is 0 Å². The van der Waals surface area contributed by atoms with Crippen molar-refractivity contribution in [1.29, 1.82) is 0 Å². The lowest BCUT2D eigenvalue weighted by atomic mass is 9.86. The minimum atomic E-state index is -0.881. The van der Waals surface area contributed by atoms with Crippen molar-refractivity contribution in [2.24, 2.45) is 0 Å². The van der Waals surface area contributed by atoms with Gasteiger partial charge in [-0.3, -0.25) is 4.79 Å². The third-order valence-electron chi connectivity index (χ3n) is 3.58. The number of amides is 1. The highest BCUT2D eigenvalue weighted by Crippen LogP contribution is 2.20. The van der Waals surface area contributed by atoms with Crippen molar-refractivity contribution in [1.82, 2.24) is 10.6 Å². The zero-order valence-corrected chi connectivity index (χ0v) is 12.3. The molecule has 0 aliphatic rings. The summed E-state index contributed by atoms with van der Waals surface area (Å²) in [5.74, 6) is -0.0471. The van der Waals surface area contributed by atoms with E-state index >= 15 is 0 Å². The summed E-state index contributed by atoms with van der Waals surface area (Å²) in [6, 6.07) is 0. The number of carbonyl (C=O) groups excluding carboxylic acids is 1. The van der Waals surface area contributed by atoms with Crippen molar-refractivity contribution in [3.63, 3.8) is 0 Å². The fourth-order valence-electron chi connectivity index (χ4n) is 1.03. The number of rotatable bonds is 6. The Morgan fingerprint density at radius 1 is 1.12 bits per heavy atom. The van der Waals surface area contributed by atoms with Crippen molar-refractivity contribution < 1.29 is 9.90 Å². The maximum absolute atomic E-state index is 11.7. The predicted octanol–water partition coefficient (Wildman–Crippen LogP) is 1.43. The highest BCUT2D eigenvalue weighted by atomic mass is 16.3. The lowest BCUT2D eigenvalue weighted by Gasteiger charge is -2.38. The predicted molar refractivity (Wildman–Crippen MR) is 70.9 cm³/mol. The smallest absolute Gasteiger partial charge is 0.234 e. The zero-order chi connectivity index (χ0) is 13.9. The van der Waals surface area contributed by atoms with E-state index in [0.29, 0.717) is 0 Å². The van der Waals surface area contributed by atoms with Crippen LogP contribution in [0.2, 0.25) is 0 Å². The van der Waals surface area contributed by atoms with Gasteiger partial charge in [0.2, 0.25) is 5.91 Å². The molecule has 0 aromatic rings. The fourth-order valence-corrected chi connectivity index (χ4v) is 1.03. The summed E-state index contributed by atoms with van der Waals surface area (Å²) in [5, 5.41) is 16.0. The SMILES string of the molecule is CCC(C)(C)NC(=O)CNC(C)(C)C(C)(C)O. The molecule has 0 saturated heterocycles. The summed E-state index contributed by atoms with van der Waals surface area (Å²) in [7, 11) is 0. The summed E-state index contributed by atoms with van der Waals surface area (Å²) in [4.78, 5) is 11.7. The Balaban J connectivity index is 4.27. The first-order chi connectivity index (χ1) is 7.41. The molecule has 0 aliphatic carbocycles. The average Bonchev–Trinajstić information content (AvgIpc) is 2.12. The highest BCUT2D eigenvalue weighted by Gasteiger charge is 2.35. The molecule has 0 radical (unpaired) electrons. The zero-order valence-electron chi connectivity index (χ0n) is 12.3. The molecule has 0 fully saturated rings. The minimum Gasteiger partial charge on any atom is -0.389 e. The standard InChI is InChI=1S/C13H28N2O2/c1-8-11(2,3)15-10(16)9-14-12(4,5)13(6,7)17/h14,17H,8-9H2,1-7H3,(H,15,16). The molecule has 0 atom stereocenters. The van der Waals surface area contributed by atoms with Crippen molar-refractivity contribution in [3.05, 3.63) is 0 Å². The second-order valence-electron chi connectivity index (χ2n) is 6.32. The second kappa shape index (κ2) is 5.36. The first kappa shape index (κ1) is 16.4. The summed E-state index contributed by atoms with van der Waals surface area (Å²) in [5.41, 5.74) is -1.58. The Morgan fingerprint density at radius 2 is 1.59 bits per heavy atom. The van der Waals surface area contributed by atoms with E-state index in [-0.39, 0.29) is 18.0 Å². The van der Waals surface area contributed by atoms with Crippen molar-refractivity contribution in [2.75, 3.05) is 6.54 Å². The fraction of sp³-hybridized carbons (Fsp3) is 0.923. The molecule has 0 unspecified atom stereocenters. The Morgan fingerprint density at radius 3 is 1.94 bits per heavy atom. The largest absolute Gasteiger partial charge is 0.389 e. The molecule has 0 aliphatic heterocycles. The summed E-state index contributed by atoms with van der Waals surface area (Å²) in [6.45, 7) is 13.4. The van der Waals surface area contributed by atoms with Gasteiger partial charge in [0.25, 0.3) is 0 Å². The molecule has 0 saturated carbocycles. The Kier molecular flexibility index (Phi) is 5.16. The van der Waals surface area contributed by atoms with Gasteiger partial charge in [-0.25, -0.2) is 0 Å². The minimum absolute atomic E-state index is 0.0471. The van der Waals surface area contributed by atoms with Crippen molar-refractivity contribution in [2.45, 2.75) is 71.6 Å². The normalized spacial score (nSPS) is 13.6. The van der Waals surface area contributed by atoms with Crippen molar-refractivity contribution >= 4 is 5.91 Å². The van der Waals surface area contributed by atoms with E-state index in [9.17, 15) is 9.90 Å². The number of carbonyl (C=O) groups is 1. The summed E-state index contributed by atoms with van der Waals surface area (Å²) >= 11 is 0. The van der Waals surface area contributed by atoms with E-state index in [1.165, 1.54) is 0 Å². The van der Waals surface area contributed by atoms with Crippen LogP contribution in [0.3, 0.4) is 0 Å². The summed E-state index contributed by atoms with van der Waals surface area (Å²) < 4.78 is 0. The van der Waals surface area contributed by atoms with Crippen LogP contribution in [0.15, 0.2) is 0 Å². The van der Waals surface area contributed by atoms with E-state index in [1.807, 2.05) is 34.6 Å². The molecule has 4 heteroatoms. The van der Waals surface area contributed by atoms with Crippen LogP contribution in [-0.4, -0.2) is 34.2 Å². The Labute approximate surface area is 105 Å². The molecule has 0 aromatic heterocycles. The van der Waals surface area contributed by atoms with Crippen LogP contribution >= 0.6 is 0 Å². The third-order valence-corrected chi connectivity index (χ3v) is 3.58. The average molecular weight is 244 g/mol. The van der Waals surface area contributed by atoms with Crippen LogP contribution in [0, 0.1) is 0 Å². The van der Waals surface area contributed by atoms with Gasteiger partial charge in [0, 0.05) is 11.1 Å². The molecule has 0 heterocycles. The van der Waals surface area contributed by atoms with E-state index < -0.39 is 11.1 Å². The topological polar surface area (TPSA) is 61.4 Å². The number of hydrogen-bond acceptors (Lipinski definition) is 3. The first-order valence-electron chi connectivity index (χ1n) is 6.20. The molecule has 0 bridgehead atoms. The van der Waals surface area contributed by atoms with Crippen LogP contribution < -0.4 is 10.6 Å². The quantitative estimate of drug-likeness (QED) is 0.662. The van der Waals surface area contributed by atoms with Crippen LogP contribution in [0.1, 0.15) is 54.9 Å². The number of aliphatic hydroxyl groups is 1. The molecule has 0 aromatic carbocycles. The Bertz CT molecular complexity index is 265. The van der Waals surface area contributed by atoms with Gasteiger partial charge in [-0.2, -0.15) is 0 Å². The van der Waals surface area contributed by atoms with Gasteiger partial charge in [-0.15, -0.1) is 0 Å². The van der Waals surface area contributed by atoms with E-state index in [2.05, 4.69) is 10.6 Å². The van der Waals surface area contributed by atoms with Gasteiger partial charge in [0.15, 0.2) is 0 Å². The van der Waals surface area contributed by atoms with E-state index in [4.69, 9.17) is 0 Å². The molecule has 3 N–H and O–H groups in total. The summed E-state index contributed by atoms with van der Waals surface area (Å²) in [6.07, 6.45) is 0.883. The molecule has 4 nitrogen and oxygen atoms in total. The molecule has 0 spiro atoms. The third kappa shape index (κ3) is 5.50. The monoisotopic (exact) mass is 244 g/mol. The Hall–Kier alpha value is -0.610. The maximum atomic E-state index is 11.7. The maximum Gasteiger partial charge on any atom is 0.234 e. The first-order valence-corrected chi connectivity index (χ1v) is 6.20. The van der Waals surface area contributed by atoms with Gasteiger partial charge in [0.05, 0.1) is 12.1 Å². The number of hydrogen-bond donors (Lipinski definition) is 3. The molecule has 17 heavy (non-hydrogen) atoms. The van der Waals surface area contributed by atoms with Crippen molar-refractivity contribution in [3.8, 4) is 0 Å². The van der Waals surface area contributed by atoms with Gasteiger partial charge in [0.1, 0.15) is 0 Å². The van der Waals surface area contributed by atoms with Gasteiger partial charge < -0.3 is 15.7 Å². The lowest BCUT2D eigenvalue weighted by Crippen LogP contribution is -2.58. The van der Waals surface area contributed by atoms with Crippen LogP contribution in [0.5, 0.6) is 0 Å². The van der Waals surface area contributed by atoms with E-state index in [1.54, 1.807) is 13.8 Å². The lowest BCUT2D eigenvalue weighted by molar-refractivity contribution is -0.122. The highest BCUT2D eigenvalue weighted by molar-refractivity contribution is 5.78. The molecular formula is C13H28N2O2. The van der Waals surface area contributed by atoms with E-state index in [0.717, 1.165) is 6.42 Å². The van der Waals surface area contributed by atoms with Crippen LogP contribution in [-0.2, 0) is 4.79 Å². The van der Waals surface area contributed by atoms with Gasteiger partial charge in [-0.05, 0) is 48.0 Å². The second-order valence-corrected chi connectivity index (χ2v) is 6.32. The molecule has 102 valence electrons. The molecular weight excluding hydrogens is 216 g/mol. The number of nitrogens with one attached hydrogen (secondary N) is 2. The van der Waals surface area contributed by atoms with Gasteiger partial charge >= 0.3 is 0 Å². The molecule has 1 amide bonds. The van der Waals surface area contributed by atoms with Crippen LogP contribution in [0.4, 0.5) is 0 Å². The van der Waals surface area contributed by atoms with Gasteiger partial charge in [-0.1, -0.05) is 6.92 Å². The molecule has 0 rings (SSSR count).